The van der Waals surface area contributed by atoms with Gasteiger partial charge < -0.3 is 9.84 Å². The fraction of sp³-hybridized carbons (Fsp3) is 0.300. The molecule has 0 saturated carbocycles. The second kappa shape index (κ2) is 6.09. The second-order valence-electron chi connectivity index (χ2n) is 6.29. The van der Waals surface area contributed by atoms with Crippen molar-refractivity contribution in [2.24, 2.45) is 0 Å². The Morgan fingerprint density at radius 1 is 0.917 bits per heavy atom. The van der Waals surface area contributed by atoms with E-state index >= 15 is 0 Å². The fourth-order valence-electron chi connectivity index (χ4n) is 3.27. The van der Waals surface area contributed by atoms with Gasteiger partial charge in [0.1, 0.15) is 0 Å². The molecule has 0 unspecified atom stereocenters. The summed E-state index contributed by atoms with van der Waals surface area (Å²) in [5.74, 6) is 0. The van der Waals surface area contributed by atoms with E-state index in [9.17, 15) is 10.4 Å². The maximum Gasteiger partial charge on any atom is 0.182 e. The molecule has 1 N–H and O–H groups in total. The van der Waals surface area contributed by atoms with Crippen LogP contribution in [0.4, 0.5) is 0 Å². The van der Waals surface area contributed by atoms with Gasteiger partial charge in [0.15, 0.2) is 6.29 Å². The van der Waals surface area contributed by atoms with E-state index in [2.05, 4.69) is 12.1 Å². The molecule has 1 heterocycles. The number of nitrogens with zero attached hydrogens (tertiary/aromatic N) is 2. The molecule has 0 spiro atoms. The van der Waals surface area contributed by atoms with Gasteiger partial charge in [0.2, 0.25) is 0 Å². The average Bonchev–Trinajstić information content (AvgIpc) is 2.56. The zero-order valence-electron chi connectivity index (χ0n) is 13.9. The molecule has 24 heavy (non-hydrogen) atoms. The summed E-state index contributed by atoms with van der Waals surface area (Å²) in [7, 11) is 0. The lowest BCUT2D eigenvalue weighted by molar-refractivity contribution is -0.151. The van der Waals surface area contributed by atoms with E-state index in [1.165, 1.54) is 0 Å². The normalized spacial score (nSPS) is 19.2. The van der Waals surface area contributed by atoms with Crippen LogP contribution in [0.3, 0.4) is 0 Å². The van der Waals surface area contributed by atoms with Crippen LogP contribution >= 0.6 is 0 Å². The highest BCUT2D eigenvalue weighted by molar-refractivity contribution is 5.48. The highest BCUT2D eigenvalue weighted by atomic mass is 16.6. The van der Waals surface area contributed by atoms with Crippen molar-refractivity contribution in [2.75, 3.05) is 0 Å². The van der Waals surface area contributed by atoms with Crippen molar-refractivity contribution < 1.29 is 9.84 Å². The van der Waals surface area contributed by atoms with Crippen LogP contribution in [-0.2, 0) is 11.2 Å². The number of aliphatic hydroxyl groups is 1. The van der Waals surface area contributed by atoms with E-state index in [-0.39, 0.29) is 6.10 Å². The molecule has 2 aromatic rings. The van der Waals surface area contributed by atoms with Crippen molar-refractivity contribution in [1.82, 2.24) is 0 Å². The molecule has 2 atom stereocenters. The third-order valence-electron chi connectivity index (χ3n) is 4.65. The number of ether oxygens (including phenoxy) is 1. The molecule has 0 aromatic heterocycles. The van der Waals surface area contributed by atoms with Gasteiger partial charge in [-0.15, -0.1) is 0 Å². The number of nitriles is 2. The predicted molar refractivity (Wildman–Crippen MR) is 89.0 cm³/mol. The molecule has 0 aliphatic carbocycles. The van der Waals surface area contributed by atoms with Crippen LogP contribution in [-0.4, -0.2) is 5.11 Å². The number of benzene rings is 2. The molecule has 3 rings (SSSR count). The van der Waals surface area contributed by atoms with Crippen molar-refractivity contribution >= 4 is 0 Å². The van der Waals surface area contributed by atoms with Gasteiger partial charge >= 0.3 is 0 Å². The van der Waals surface area contributed by atoms with Crippen molar-refractivity contribution in [1.29, 1.82) is 10.5 Å². The molecule has 120 valence electrons. The lowest BCUT2D eigenvalue weighted by Crippen LogP contribution is -2.21. The van der Waals surface area contributed by atoms with Gasteiger partial charge in [-0.3, -0.25) is 0 Å². The Morgan fingerprint density at radius 3 is 2.12 bits per heavy atom. The Balaban J connectivity index is 2.04. The quantitative estimate of drug-likeness (QED) is 0.870. The van der Waals surface area contributed by atoms with E-state index < -0.39 is 6.29 Å². The van der Waals surface area contributed by atoms with Crippen LogP contribution < -0.4 is 0 Å². The summed E-state index contributed by atoms with van der Waals surface area (Å²) >= 11 is 0. The highest BCUT2D eigenvalue weighted by Gasteiger charge is 2.29. The minimum atomic E-state index is -1.01. The Hall–Kier alpha value is -2.66. The lowest BCUT2D eigenvalue weighted by atomic mass is 9.88. The first-order chi connectivity index (χ1) is 11.4. The standard InChI is InChI=1S/C20H18N2O2/c1-11-5-17(13(3)4-15(11)9-21)19-8-14-7-16(10-22)12(2)6-18(14)20(23)24-19/h4-7,19-20,23H,8H2,1-3H3/t19-,20-/m0/s1. The number of aryl methyl sites for hydroxylation is 3. The summed E-state index contributed by atoms with van der Waals surface area (Å²) in [6.45, 7) is 5.69. The van der Waals surface area contributed by atoms with Crippen LogP contribution in [0.1, 0.15) is 56.9 Å². The monoisotopic (exact) mass is 318 g/mol. The van der Waals surface area contributed by atoms with E-state index in [1.807, 2.05) is 45.0 Å². The van der Waals surface area contributed by atoms with Crippen molar-refractivity contribution in [2.45, 2.75) is 39.6 Å². The van der Waals surface area contributed by atoms with Gasteiger partial charge in [-0.1, -0.05) is 6.07 Å². The summed E-state index contributed by atoms with van der Waals surface area (Å²) < 4.78 is 5.83. The number of hydrogen-bond donors (Lipinski definition) is 1. The number of rotatable bonds is 1. The van der Waals surface area contributed by atoms with Crippen LogP contribution in [0.2, 0.25) is 0 Å². The highest BCUT2D eigenvalue weighted by Crippen LogP contribution is 2.38. The van der Waals surface area contributed by atoms with Crippen LogP contribution in [0, 0.1) is 43.4 Å². The third kappa shape index (κ3) is 2.67. The molecule has 2 aromatic carbocycles. The van der Waals surface area contributed by atoms with Crippen molar-refractivity contribution in [3.8, 4) is 12.1 Å². The van der Waals surface area contributed by atoms with Gasteiger partial charge in [0, 0.05) is 12.0 Å². The molecular weight excluding hydrogens is 300 g/mol. The van der Waals surface area contributed by atoms with Crippen molar-refractivity contribution in [3.63, 3.8) is 0 Å². The van der Waals surface area contributed by atoms with Crippen LogP contribution in [0.15, 0.2) is 24.3 Å². The molecule has 0 amide bonds. The average molecular weight is 318 g/mol. The van der Waals surface area contributed by atoms with Gasteiger partial charge in [0.25, 0.3) is 0 Å². The van der Waals surface area contributed by atoms with Crippen LogP contribution in [0.5, 0.6) is 0 Å². The van der Waals surface area contributed by atoms with Gasteiger partial charge in [-0.2, -0.15) is 10.5 Å². The molecule has 0 bridgehead atoms. The first-order valence-electron chi connectivity index (χ1n) is 7.83. The Labute approximate surface area is 141 Å². The zero-order chi connectivity index (χ0) is 17.4. The van der Waals surface area contributed by atoms with E-state index in [4.69, 9.17) is 10.00 Å². The molecular formula is C20H18N2O2. The maximum absolute atomic E-state index is 10.4. The molecule has 4 heteroatoms. The number of aliphatic hydroxyl groups excluding tert-OH is 1. The summed E-state index contributed by atoms with van der Waals surface area (Å²) in [4.78, 5) is 0. The topological polar surface area (TPSA) is 77.0 Å². The van der Waals surface area contributed by atoms with E-state index in [0.29, 0.717) is 17.5 Å². The number of fused-ring (bicyclic) bond motifs is 1. The largest absolute Gasteiger partial charge is 0.364 e. The molecule has 0 radical (unpaired) electrons. The Morgan fingerprint density at radius 2 is 1.50 bits per heavy atom. The first kappa shape index (κ1) is 16.2. The fourth-order valence-corrected chi connectivity index (χ4v) is 3.27. The zero-order valence-corrected chi connectivity index (χ0v) is 13.9. The summed E-state index contributed by atoms with van der Waals surface area (Å²) in [6, 6.07) is 11.9. The van der Waals surface area contributed by atoms with E-state index in [1.54, 1.807) is 0 Å². The second-order valence-corrected chi connectivity index (χ2v) is 6.29. The van der Waals surface area contributed by atoms with Crippen LogP contribution in [0.25, 0.3) is 0 Å². The molecule has 1 aliphatic heterocycles. The first-order valence-corrected chi connectivity index (χ1v) is 7.83. The lowest BCUT2D eigenvalue weighted by Gasteiger charge is -2.31. The molecule has 4 nitrogen and oxygen atoms in total. The molecule has 0 saturated heterocycles. The summed E-state index contributed by atoms with van der Waals surface area (Å²) in [5.41, 5.74) is 6.59. The predicted octanol–water partition coefficient (Wildman–Crippen LogP) is 3.66. The Kier molecular flexibility index (Phi) is 4.11. The summed E-state index contributed by atoms with van der Waals surface area (Å²) in [6.07, 6.45) is -0.721. The minimum Gasteiger partial charge on any atom is -0.364 e. The van der Waals surface area contributed by atoms with Crippen molar-refractivity contribution in [3.05, 3.63) is 68.8 Å². The third-order valence-corrected chi connectivity index (χ3v) is 4.65. The molecule has 1 aliphatic rings. The smallest absolute Gasteiger partial charge is 0.182 e. The van der Waals surface area contributed by atoms with Gasteiger partial charge in [0.05, 0.1) is 29.4 Å². The minimum absolute atomic E-state index is 0.298. The van der Waals surface area contributed by atoms with Gasteiger partial charge in [-0.05, 0) is 66.8 Å². The SMILES string of the molecule is Cc1cc([C@@H]2Cc3cc(C#N)c(C)cc3[C@@H](O)O2)c(C)cc1C#N. The number of hydrogen-bond acceptors (Lipinski definition) is 4. The van der Waals surface area contributed by atoms with Gasteiger partial charge in [-0.25, -0.2) is 0 Å². The maximum atomic E-state index is 10.4. The van der Waals surface area contributed by atoms with E-state index in [0.717, 1.165) is 33.4 Å². The Bertz CT molecular complexity index is 903. The molecule has 0 fully saturated rings. The summed E-state index contributed by atoms with van der Waals surface area (Å²) in [5, 5.41) is 28.8.